The molecule has 2 aliphatic heterocycles. The minimum absolute atomic E-state index is 0.143. The Morgan fingerprint density at radius 2 is 1.62 bits per heavy atom. The zero-order valence-corrected chi connectivity index (χ0v) is 17.2. The average Bonchev–Trinajstić information content (AvgIpc) is 2.78. The first-order chi connectivity index (χ1) is 14.0. The summed E-state index contributed by atoms with van der Waals surface area (Å²) >= 11 is 0. The van der Waals surface area contributed by atoms with Gasteiger partial charge in [0.25, 0.3) is 0 Å². The van der Waals surface area contributed by atoms with Gasteiger partial charge in [-0.2, -0.15) is 4.31 Å². The third-order valence-electron chi connectivity index (χ3n) is 5.64. The fourth-order valence-electron chi connectivity index (χ4n) is 3.88. The second-order valence-corrected chi connectivity index (χ2v) is 9.43. The molecular formula is C22H26N2O4S. The quantitative estimate of drug-likeness (QED) is 0.753. The highest BCUT2D eigenvalue weighted by atomic mass is 32.2. The van der Waals surface area contributed by atoms with Crippen LogP contribution in [-0.2, 0) is 38.9 Å². The van der Waals surface area contributed by atoms with E-state index in [1.165, 1.54) is 15.4 Å². The molecular weight excluding hydrogens is 388 g/mol. The molecule has 4 rings (SSSR count). The molecule has 0 aliphatic carbocycles. The number of rotatable bonds is 5. The van der Waals surface area contributed by atoms with E-state index in [4.69, 9.17) is 4.74 Å². The van der Waals surface area contributed by atoms with Crippen molar-refractivity contribution in [3.8, 4) is 0 Å². The lowest BCUT2D eigenvalue weighted by atomic mass is 9.99. The maximum absolute atomic E-state index is 12.7. The summed E-state index contributed by atoms with van der Waals surface area (Å²) in [4.78, 5) is 14.8. The maximum Gasteiger partial charge on any atom is 0.243 e. The van der Waals surface area contributed by atoms with Gasteiger partial charge < -0.3 is 9.64 Å². The Morgan fingerprint density at radius 3 is 2.34 bits per heavy atom. The van der Waals surface area contributed by atoms with Crippen molar-refractivity contribution in [3.05, 3.63) is 65.2 Å². The summed E-state index contributed by atoms with van der Waals surface area (Å²) in [7, 11) is -3.48. The van der Waals surface area contributed by atoms with Crippen LogP contribution in [0.5, 0.6) is 0 Å². The molecule has 154 valence electrons. The lowest BCUT2D eigenvalue weighted by Gasteiger charge is -2.29. The number of benzene rings is 2. The molecule has 2 aromatic rings. The van der Waals surface area contributed by atoms with Crippen LogP contribution in [0.15, 0.2) is 53.4 Å². The first-order valence-electron chi connectivity index (χ1n) is 10.1. The van der Waals surface area contributed by atoms with Crippen molar-refractivity contribution in [3.63, 3.8) is 0 Å². The number of carbonyl (C=O) groups is 1. The van der Waals surface area contributed by atoms with Crippen molar-refractivity contribution < 1.29 is 17.9 Å². The highest BCUT2D eigenvalue weighted by Gasteiger charge is 2.26. The van der Waals surface area contributed by atoms with Gasteiger partial charge in [0.05, 0.1) is 18.1 Å². The molecule has 0 atom stereocenters. The third-order valence-corrected chi connectivity index (χ3v) is 7.55. The van der Waals surface area contributed by atoms with Crippen molar-refractivity contribution in [1.29, 1.82) is 0 Å². The molecule has 1 amide bonds. The van der Waals surface area contributed by atoms with Crippen LogP contribution in [0, 0.1) is 0 Å². The predicted octanol–water partition coefficient (Wildman–Crippen LogP) is 2.22. The number of ether oxygens (including phenoxy) is 1. The Hall–Kier alpha value is -2.22. The number of amides is 1. The van der Waals surface area contributed by atoms with Gasteiger partial charge in [-0.25, -0.2) is 8.42 Å². The zero-order valence-electron chi connectivity index (χ0n) is 16.4. The highest BCUT2D eigenvalue weighted by Crippen LogP contribution is 2.21. The van der Waals surface area contributed by atoms with E-state index in [-0.39, 0.29) is 5.91 Å². The summed E-state index contributed by atoms with van der Waals surface area (Å²) in [5.74, 6) is 0.143. The number of morpholine rings is 1. The van der Waals surface area contributed by atoms with E-state index in [1.54, 1.807) is 12.1 Å². The molecule has 0 aromatic heterocycles. The van der Waals surface area contributed by atoms with Crippen LogP contribution in [0.4, 0.5) is 0 Å². The van der Waals surface area contributed by atoms with E-state index in [0.717, 1.165) is 18.5 Å². The standard InChI is InChI=1S/C22H26N2O4S/c25-22(23-12-11-19-3-1-2-4-20(19)17-23)10-7-18-5-8-21(9-6-18)29(26,27)24-13-15-28-16-14-24/h1-6,8-9H,7,10-17H2. The van der Waals surface area contributed by atoms with E-state index < -0.39 is 10.0 Å². The zero-order chi connectivity index (χ0) is 20.3. The second-order valence-electron chi connectivity index (χ2n) is 7.49. The Balaban J connectivity index is 1.34. The lowest BCUT2D eigenvalue weighted by molar-refractivity contribution is -0.132. The first kappa shape index (κ1) is 20.1. The van der Waals surface area contributed by atoms with Gasteiger partial charge >= 0.3 is 0 Å². The fraction of sp³-hybridized carbons (Fsp3) is 0.409. The highest BCUT2D eigenvalue weighted by molar-refractivity contribution is 7.89. The molecule has 29 heavy (non-hydrogen) atoms. The Labute approximate surface area is 172 Å². The molecule has 2 aromatic carbocycles. The van der Waals surface area contributed by atoms with Crippen molar-refractivity contribution in [2.24, 2.45) is 0 Å². The van der Waals surface area contributed by atoms with Crippen LogP contribution in [0.25, 0.3) is 0 Å². The van der Waals surface area contributed by atoms with Crippen LogP contribution in [0.2, 0.25) is 0 Å². The monoisotopic (exact) mass is 414 g/mol. The summed E-state index contributed by atoms with van der Waals surface area (Å²) in [6, 6.07) is 15.2. The van der Waals surface area contributed by atoms with Crippen LogP contribution in [0.3, 0.4) is 0 Å². The second kappa shape index (κ2) is 8.65. The molecule has 0 bridgehead atoms. The van der Waals surface area contributed by atoms with Gasteiger partial charge in [0.1, 0.15) is 0 Å². The summed E-state index contributed by atoms with van der Waals surface area (Å²) in [6.45, 7) is 3.06. The molecule has 1 saturated heterocycles. The van der Waals surface area contributed by atoms with Crippen LogP contribution >= 0.6 is 0 Å². The summed E-state index contributed by atoms with van der Waals surface area (Å²) < 4.78 is 32.1. The van der Waals surface area contributed by atoms with E-state index >= 15 is 0 Å². The maximum atomic E-state index is 12.7. The van der Waals surface area contributed by atoms with Gasteiger partial charge in [-0.3, -0.25) is 4.79 Å². The number of carbonyl (C=O) groups excluding carboxylic acids is 1. The predicted molar refractivity (Wildman–Crippen MR) is 110 cm³/mol. The molecule has 2 heterocycles. The van der Waals surface area contributed by atoms with Crippen LogP contribution in [0.1, 0.15) is 23.1 Å². The number of hydrogen-bond donors (Lipinski definition) is 0. The number of sulfonamides is 1. The number of fused-ring (bicyclic) bond motifs is 1. The van der Waals surface area contributed by atoms with E-state index in [2.05, 4.69) is 12.1 Å². The largest absolute Gasteiger partial charge is 0.379 e. The number of hydrogen-bond acceptors (Lipinski definition) is 4. The summed E-state index contributed by atoms with van der Waals surface area (Å²) in [6.07, 6.45) is 1.93. The summed E-state index contributed by atoms with van der Waals surface area (Å²) in [5.41, 5.74) is 3.52. The van der Waals surface area contributed by atoms with Gasteiger partial charge in [-0.1, -0.05) is 36.4 Å². The van der Waals surface area contributed by atoms with E-state index in [9.17, 15) is 13.2 Å². The fourth-order valence-corrected chi connectivity index (χ4v) is 5.29. The molecule has 0 unspecified atom stereocenters. The Bertz CT molecular complexity index is 967. The Kier molecular flexibility index (Phi) is 5.99. The van der Waals surface area contributed by atoms with Crippen LogP contribution in [-0.4, -0.2) is 56.4 Å². The normalized spacial score (nSPS) is 17.7. The van der Waals surface area contributed by atoms with E-state index in [0.29, 0.717) is 50.6 Å². The molecule has 1 fully saturated rings. The molecule has 0 N–H and O–H groups in total. The van der Waals surface area contributed by atoms with Crippen molar-refractivity contribution in [2.45, 2.75) is 30.7 Å². The van der Waals surface area contributed by atoms with Gasteiger partial charge in [-0.15, -0.1) is 0 Å². The molecule has 0 radical (unpaired) electrons. The molecule has 6 nitrogen and oxygen atoms in total. The number of nitrogens with zero attached hydrogens (tertiary/aromatic N) is 2. The minimum Gasteiger partial charge on any atom is -0.379 e. The molecule has 2 aliphatic rings. The van der Waals surface area contributed by atoms with E-state index in [1.807, 2.05) is 29.2 Å². The van der Waals surface area contributed by atoms with Crippen molar-refractivity contribution in [2.75, 3.05) is 32.8 Å². The Morgan fingerprint density at radius 1 is 0.931 bits per heavy atom. The first-order valence-corrected chi connectivity index (χ1v) is 11.5. The van der Waals surface area contributed by atoms with Gasteiger partial charge in [0, 0.05) is 32.6 Å². The summed E-state index contributed by atoms with van der Waals surface area (Å²) in [5, 5.41) is 0. The molecule has 0 saturated carbocycles. The average molecular weight is 415 g/mol. The van der Waals surface area contributed by atoms with Crippen molar-refractivity contribution >= 4 is 15.9 Å². The van der Waals surface area contributed by atoms with Crippen molar-refractivity contribution in [1.82, 2.24) is 9.21 Å². The topological polar surface area (TPSA) is 66.9 Å². The van der Waals surface area contributed by atoms with Gasteiger partial charge in [-0.05, 0) is 41.7 Å². The lowest BCUT2D eigenvalue weighted by Crippen LogP contribution is -2.40. The SMILES string of the molecule is O=C(CCc1ccc(S(=O)(=O)N2CCOCC2)cc1)N1CCc2ccccc2C1. The molecule has 7 heteroatoms. The minimum atomic E-state index is -3.48. The van der Waals surface area contributed by atoms with Crippen LogP contribution < -0.4 is 0 Å². The van der Waals surface area contributed by atoms with Gasteiger partial charge in [0.2, 0.25) is 15.9 Å². The smallest absolute Gasteiger partial charge is 0.243 e. The number of aryl methyl sites for hydroxylation is 1. The van der Waals surface area contributed by atoms with Gasteiger partial charge in [0.15, 0.2) is 0 Å². The third kappa shape index (κ3) is 4.52. The molecule has 0 spiro atoms.